The molecule has 100 valence electrons. The Kier molecular flexibility index (Phi) is 7.30. The van der Waals surface area contributed by atoms with Crippen molar-refractivity contribution in [2.45, 2.75) is 33.6 Å². The van der Waals surface area contributed by atoms with E-state index in [4.69, 9.17) is 18.0 Å². The molecule has 5 heteroatoms. The molecule has 0 atom stereocenters. The van der Waals surface area contributed by atoms with Gasteiger partial charge >= 0.3 is 0 Å². The van der Waals surface area contributed by atoms with Crippen molar-refractivity contribution < 1.29 is 4.79 Å². The maximum atomic E-state index is 11.3. The van der Waals surface area contributed by atoms with Gasteiger partial charge in [0.25, 0.3) is 0 Å². The fourth-order valence-electron chi connectivity index (χ4n) is 1.50. The van der Waals surface area contributed by atoms with E-state index in [1.807, 2.05) is 0 Å². The molecule has 1 amide bonds. The molecule has 0 saturated carbocycles. The van der Waals surface area contributed by atoms with Crippen LogP contribution in [0.5, 0.6) is 0 Å². The summed E-state index contributed by atoms with van der Waals surface area (Å²) >= 11 is 5.03. The van der Waals surface area contributed by atoms with Crippen LogP contribution in [0.25, 0.3) is 0 Å². The Bertz CT molecular complexity index is 266. The van der Waals surface area contributed by atoms with Crippen LogP contribution in [0.4, 0.5) is 0 Å². The summed E-state index contributed by atoms with van der Waals surface area (Å²) in [5.41, 5.74) is 5.58. The van der Waals surface area contributed by atoms with Crippen LogP contribution in [-0.2, 0) is 4.79 Å². The van der Waals surface area contributed by atoms with Crippen molar-refractivity contribution >= 4 is 23.1 Å². The van der Waals surface area contributed by atoms with Gasteiger partial charge in [-0.2, -0.15) is 0 Å². The van der Waals surface area contributed by atoms with Gasteiger partial charge in [0, 0.05) is 12.5 Å². The summed E-state index contributed by atoms with van der Waals surface area (Å²) in [4.78, 5) is 13.9. The van der Waals surface area contributed by atoms with Gasteiger partial charge in [-0.25, -0.2) is 0 Å². The molecule has 0 aromatic heterocycles. The number of amides is 1. The van der Waals surface area contributed by atoms with E-state index in [1.54, 1.807) is 7.05 Å². The summed E-state index contributed by atoms with van der Waals surface area (Å²) in [7, 11) is 1.66. The third-order valence-electron chi connectivity index (χ3n) is 3.04. The van der Waals surface area contributed by atoms with Crippen LogP contribution in [0.2, 0.25) is 0 Å². The van der Waals surface area contributed by atoms with E-state index in [1.165, 1.54) is 0 Å². The van der Waals surface area contributed by atoms with Crippen LogP contribution in [-0.4, -0.2) is 42.5 Å². The first kappa shape index (κ1) is 16.3. The number of nitrogens with one attached hydrogen (secondary N) is 1. The maximum absolute atomic E-state index is 11.3. The molecule has 0 aliphatic rings. The molecule has 3 N–H and O–H groups in total. The Labute approximate surface area is 110 Å². The maximum Gasteiger partial charge on any atom is 0.233 e. The molecule has 4 nitrogen and oxygen atoms in total. The van der Waals surface area contributed by atoms with Gasteiger partial charge in [-0.15, -0.1) is 0 Å². The smallest absolute Gasteiger partial charge is 0.233 e. The van der Waals surface area contributed by atoms with Crippen LogP contribution in [0.3, 0.4) is 0 Å². The zero-order valence-electron chi connectivity index (χ0n) is 11.4. The number of likely N-dealkylation sites (N-methyl/N-ethyl adjacent to an activating group) is 2. The lowest BCUT2D eigenvalue weighted by Gasteiger charge is -2.25. The zero-order chi connectivity index (χ0) is 13.5. The number of carbonyl (C=O) groups excluding carboxylic acids is 1. The first-order chi connectivity index (χ1) is 7.83. The third-order valence-corrected chi connectivity index (χ3v) is 3.59. The molecule has 0 aromatic carbocycles. The second-order valence-electron chi connectivity index (χ2n) is 4.89. The molecule has 0 radical (unpaired) electrons. The molecule has 0 rings (SSSR count). The van der Waals surface area contributed by atoms with Crippen LogP contribution >= 0.6 is 12.2 Å². The normalized spacial score (nSPS) is 11.6. The minimum absolute atomic E-state index is 0.0560. The summed E-state index contributed by atoms with van der Waals surface area (Å²) in [6.07, 6.45) is 1.95. The number of thiocarbonyl (C=S) groups is 1. The molecule has 0 aromatic rings. The predicted octanol–water partition coefficient (Wildman–Crippen LogP) is 1.15. The second-order valence-corrected chi connectivity index (χ2v) is 5.33. The van der Waals surface area contributed by atoms with Crippen LogP contribution < -0.4 is 11.1 Å². The van der Waals surface area contributed by atoms with Gasteiger partial charge in [0.15, 0.2) is 0 Å². The van der Waals surface area contributed by atoms with Gasteiger partial charge in [-0.3, -0.25) is 9.69 Å². The highest BCUT2D eigenvalue weighted by Gasteiger charge is 2.21. The lowest BCUT2D eigenvalue weighted by Crippen LogP contribution is -2.37. The van der Waals surface area contributed by atoms with Crippen molar-refractivity contribution in [2.24, 2.45) is 11.1 Å². The van der Waals surface area contributed by atoms with Crippen molar-refractivity contribution in [3.63, 3.8) is 0 Å². The molecular weight excluding hydrogens is 234 g/mol. The SMILES string of the molecule is CCN(CCCC(C)(C)C(N)=S)CC(=O)NC. The van der Waals surface area contributed by atoms with Gasteiger partial charge in [0.05, 0.1) is 11.5 Å². The second kappa shape index (κ2) is 7.61. The summed E-state index contributed by atoms with van der Waals surface area (Å²) in [6, 6.07) is 0. The molecule has 0 aliphatic heterocycles. The van der Waals surface area contributed by atoms with E-state index in [0.29, 0.717) is 11.5 Å². The number of carbonyl (C=O) groups is 1. The predicted molar refractivity (Wildman–Crippen MR) is 76.0 cm³/mol. The van der Waals surface area contributed by atoms with Gasteiger partial charge in [-0.1, -0.05) is 33.0 Å². The van der Waals surface area contributed by atoms with Crippen molar-refractivity contribution in [1.29, 1.82) is 0 Å². The van der Waals surface area contributed by atoms with Gasteiger partial charge in [-0.05, 0) is 25.9 Å². The lowest BCUT2D eigenvalue weighted by atomic mass is 9.88. The quantitative estimate of drug-likeness (QED) is 0.642. The van der Waals surface area contributed by atoms with Crippen LogP contribution in [0, 0.1) is 5.41 Å². The Morgan fingerprint density at radius 1 is 1.47 bits per heavy atom. The molecular formula is C12H25N3OS. The summed E-state index contributed by atoms with van der Waals surface area (Å²) < 4.78 is 0. The molecule has 0 fully saturated rings. The highest BCUT2D eigenvalue weighted by atomic mass is 32.1. The topological polar surface area (TPSA) is 58.4 Å². The molecule has 0 spiro atoms. The Hall–Kier alpha value is -0.680. The fourth-order valence-corrected chi connectivity index (χ4v) is 1.60. The number of hydrogen-bond donors (Lipinski definition) is 2. The Balaban J connectivity index is 4.00. The van der Waals surface area contributed by atoms with E-state index in [9.17, 15) is 4.79 Å². The summed E-state index contributed by atoms with van der Waals surface area (Å²) in [5.74, 6) is 0.0560. The highest BCUT2D eigenvalue weighted by Crippen LogP contribution is 2.22. The highest BCUT2D eigenvalue weighted by molar-refractivity contribution is 7.80. The number of nitrogens with zero attached hydrogens (tertiary/aromatic N) is 1. The van der Waals surface area contributed by atoms with Gasteiger partial charge in [0.2, 0.25) is 5.91 Å². The van der Waals surface area contributed by atoms with Crippen molar-refractivity contribution in [1.82, 2.24) is 10.2 Å². The van der Waals surface area contributed by atoms with Crippen LogP contribution in [0.1, 0.15) is 33.6 Å². The Morgan fingerprint density at radius 3 is 2.47 bits per heavy atom. The number of hydrogen-bond acceptors (Lipinski definition) is 3. The van der Waals surface area contributed by atoms with E-state index >= 15 is 0 Å². The molecule has 0 saturated heterocycles. The van der Waals surface area contributed by atoms with E-state index < -0.39 is 0 Å². The third kappa shape index (κ3) is 6.58. The monoisotopic (exact) mass is 259 g/mol. The van der Waals surface area contributed by atoms with Gasteiger partial charge < -0.3 is 11.1 Å². The zero-order valence-corrected chi connectivity index (χ0v) is 12.2. The standard InChI is InChI=1S/C12H25N3OS/c1-5-15(9-10(16)14-4)8-6-7-12(2,3)11(13)17/h5-9H2,1-4H3,(H2,13,17)(H,14,16). The first-order valence-corrected chi connectivity index (χ1v) is 6.47. The van der Waals surface area contributed by atoms with Crippen molar-refractivity contribution in [2.75, 3.05) is 26.7 Å². The van der Waals surface area contributed by atoms with E-state index in [0.717, 1.165) is 25.9 Å². The van der Waals surface area contributed by atoms with E-state index in [2.05, 4.69) is 31.0 Å². The minimum Gasteiger partial charge on any atom is -0.393 e. The fraction of sp³-hybridized carbons (Fsp3) is 0.833. The molecule has 0 unspecified atom stereocenters. The van der Waals surface area contributed by atoms with Crippen LogP contribution in [0.15, 0.2) is 0 Å². The van der Waals surface area contributed by atoms with Crippen molar-refractivity contribution in [3.05, 3.63) is 0 Å². The Morgan fingerprint density at radius 2 is 2.06 bits per heavy atom. The first-order valence-electron chi connectivity index (χ1n) is 6.06. The lowest BCUT2D eigenvalue weighted by molar-refractivity contribution is -0.121. The average molecular weight is 259 g/mol. The van der Waals surface area contributed by atoms with Crippen molar-refractivity contribution in [3.8, 4) is 0 Å². The summed E-state index contributed by atoms with van der Waals surface area (Å²) in [6.45, 7) is 8.41. The largest absolute Gasteiger partial charge is 0.393 e. The molecule has 0 heterocycles. The number of rotatable bonds is 8. The molecule has 17 heavy (non-hydrogen) atoms. The minimum atomic E-state index is -0.0955. The molecule has 0 bridgehead atoms. The average Bonchev–Trinajstić information content (AvgIpc) is 2.26. The number of nitrogens with two attached hydrogens (primary N) is 1. The summed E-state index contributed by atoms with van der Waals surface area (Å²) in [5, 5.41) is 2.63. The van der Waals surface area contributed by atoms with Gasteiger partial charge in [0.1, 0.15) is 0 Å². The van der Waals surface area contributed by atoms with E-state index in [-0.39, 0.29) is 11.3 Å². The molecule has 0 aliphatic carbocycles.